The van der Waals surface area contributed by atoms with E-state index in [-0.39, 0.29) is 5.41 Å². The summed E-state index contributed by atoms with van der Waals surface area (Å²) in [6.07, 6.45) is 0.682. The third-order valence-electron chi connectivity index (χ3n) is 4.10. The van der Waals surface area contributed by atoms with E-state index in [1.807, 2.05) is 27.7 Å². The van der Waals surface area contributed by atoms with E-state index in [0.29, 0.717) is 45.8 Å². The first kappa shape index (κ1) is 19.3. The van der Waals surface area contributed by atoms with Gasteiger partial charge in [-0.15, -0.1) is 0 Å². The average Bonchev–Trinajstić information content (AvgIpc) is 3.09. The number of fused-ring (bicyclic) bond motifs is 1. The maximum absolute atomic E-state index is 12.7. The summed E-state index contributed by atoms with van der Waals surface area (Å²) in [6.45, 7) is 7.88. The molecular weight excluding hydrogens is 368 g/mol. The first-order valence-corrected chi connectivity index (χ1v) is 9.54. The molecule has 0 amide bonds. The first-order valence-electron chi connectivity index (χ1n) is 8.56. The maximum Gasteiger partial charge on any atom is 0.332 e. The minimum atomic E-state index is -0.425. The van der Waals surface area contributed by atoms with Crippen LogP contribution in [-0.2, 0) is 31.7 Å². The summed E-state index contributed by atoms with van der Waals surface area (Å²) in [4.78, 5) is 38.5. The van der Waals surface area contributed by atoms with Crippen LogP contribution in [0.15, 0.2) is 19.1 Å². The molecule has 0 aliphatic rings. The van der Waals surface area contributed by atoms with E-state index in [0.717, 1.165) is 4.57 Å². The summed E-state index contributed by atoms with van der Waals surface area (Å²) in [7, 11) is 3.05. The highest BCUT2D eigenvalue weighted by Gasteiger charge is 2.24. The second-order valence-electron chi connectivity index (χ2n) is 7.25. The second-order valence-corrected chi connectivity index (χ2v) is 8.22. The Kier molecular flexibility index (Phi) is 4.94. The Morgan fingerprint density at radius 3 is 2.37 bits per heavy atom. The van der Waals surface area contributed by atoms with E-state index in [4.69, 9.17) is 4.52 Å². The van der Waals surface area contributed by atoms with Crippen LogP contribution in [-0.4, -0.2) is 29.2 Å². The molecule has 0 saturated heterocycles. The normalized spacial score (nSPS) is 12.1. The number of thioether (sulfide) groups is 1. The SMILES string of the molecule is CCc1noc(CSc2nc(C(C)(C)C)nc3c2c(=O)n(C)c(=O)n3C)n1. The Morgan fingerprint density at radius 1 is 1.07 bits per heavy atom. The summed E-state index contributed by atoms with van der Waals surface area (Å²) in [5.74, 6) is 2.02. The lowest BCUT2D eigenvalue weighted by molar-refractivity contribution is 0.385. The van der Waals surface area contributed by atoms with E-state index in [1.54, 1.807) is 7.05 Å². The molecule has 10 heteroatoms. The number of aromatic nitrogens is 6. The van der Waals surface area contributed by atoms with Crippen molar-refractivity contribution in [2.45, 2.75) is 50.3 Å². The number of nitrogens with zero attached hydrogens (tertiary/aromatic N) is 6. The van der Waals surface area contributed by atoms with Crippen LogP contribution in [0.4, 0.5) is 0 Å². The van der Waals surface area contributed by atoms with Crippen LogP contribution in [0.25, 0.3) is 11.0 Å². The van der Waals surface area contributed by atoms with Gasteiger partial charge in [-0.1, -0.05) is 44.6 Å². The average molecular weight is 390 g/mol. The van der Waals surface area contributed by atoms with E-state index in [2.05, 4.69) is 20.1 Å². The number of hydrogen-bond donors (Lipinski definition) is 0. The topological polar surface area (TPSA) is 109 Å². The molecule has 9 nitrogen and oxygen atoms in total. The number of aryl methyl sites for hydroxylation is 2. The second kappa shape index (κ2) is 6.91. The molecule has 0 aliphatic heterocycles. The molecule has 0 radical (unpaired) electrons. The van der Waals surface area contributed by atoms with Gasteiger partial charge in [0.1, 0.15) is 16.2 Å². The molecule has 0 aliphatic carbocycles. The molecular formula is C17H22N6O3S. The minimum absolute atomic E-state index is 0.313. The Morgan fingerprint density at radius 2 is 1.78 bits per heavy atom. The van der Waals surface area contributed by atoms with Crippen molar-refractivity contribution in [2.75, 3.05) is 0 Å². The lowest BCUT2D eigenvalue weighted by atomic mass is 9.96. The van der Waals surface area contributed by atoms with Crippen LogP contribution in [0.1, 0.15) is 45.2 Å². The fourth-order valence-corrected chi connectivity index (χ4v) is 3.34. The number of rotatable bonds is 4. The molecule has 3 heterocycles. The van der Waals surface area contributed by atoms with E-state index in [9.17, 15) is 9.59 Å². The molecule has 3 rings (SSSR count). The van der Waals surface area contributed by atoms with Crippen LogP contribution in [0.3, 0.4) is 0 Å². The van der Waals surface area contributed by atoms with Gasteiger partial charge in [-0.25, -0.2) is 14.8 Å². The molecule has 0 unspecified atom stereocenters. The molecule has 0 atom stereocenters. The highest BCUT2D eigenvalue weighted by atomic mass is 32.2. The Balaban J connectivity index is 2.19. The summed E-state index contributed by atoms with van der Waals surface area (Å²) in [5.41, 5.74) is -0.867. The third-order valence-corrected chi connectivity index (χ3v) is 5.06. The summed E-state index contributed by atoms with van der Waals surface area (Å²) in [5, 5.41) is 4.69. The van der Waals surface area contributed by atoms with Crippen molar-refractivity contribution in [1.82, 2.24) is 29.2 Å². The standard InChI is InChI=1S/C17H22N6O3S/c1-7-9-18-10(26-21-9)8-27-13-11-12(19-15(20-13)17(2,3)4)22(5)16(25)23(6)14(11)24/h7-8H2,1-6H3. The molecule has 0 spiro atoms. The molecule has 27 heavy (non-hydrogen) atoms. The Labute approximate surface area is 159 Å². The molecule has 0 aromatic carbocycles. The summed E-state index contributed by atoms with van der Waals surface area (Å²) in [6, 6.07) is 0. The number of hydrogen-bond acceptors (Lipinski definition) is 8. The highest BCUT2D eigenvalue weighted by Crippen LogP contribution is 2.28. The molecule has 3 aromatic heterocycles. The largest absolute Gasteiger partial charge is 0.338 e. The zero-order chi connectivity index (χ0) is 19.9. The molecule has 0 saturated carbocycles. The van der Waals surface area contributed by atoms with Crippen LogP contribution in [0.2, 0.25) is 0 Å². The van der Waals surface area contributed by atoms with Crippen LogP contribution < -0.4 is 11.2 Å². The smallest absolute Gasteiger partial charge is 0.332 e. The van der Waals surface area contributed by atoms with E-state index < -0.39 is 11.2 Å². The first-order chi connectivity index (χ1) is 12.6. The lowest BCUT2D eigenvalue weighted by Crippen LogP contribution is -2.38. The van der Waals surface area contributed by atoms with Crippen LogP contribution in [0.5, 0.6) is 0 Å². The summed E-state index contributed by atoms with van der Waals surface area (Å²) < 4.78 is 7.66. The minimum Gasteiger partial charge on any atom is -0.338 e. The van der Waals surface area contributed by atoms with Crippen LogP contribution in [0, 0.1) is 0 Å². The lowest BCUT2D eigenvalue weighted by Gasteiger charge is -2.19. The van der Waals surface area contributed by atoms with E-state index >= 15 is 0 Å². The fraction of sp³-hybridized carbons (Fsp3) is 0.529. The third kappa shape index (κ3) is 3.53. The van der Waals surface area contributed by atoms with Crippen molar-refractivity contribution >= 4 is 22.8 Å². The van der Waals surface area contributed by atoms with E-state index in [1.165, 1.54) is 23.4 Å². The zero-order valence-electron chi connectivity index (χ0n) is 16.2. The maximum atomic E-state index is 12.7. The fourth-order valence-electron chi connectivity index (χ4n) is 2.49. The van der Waals surface area contributed by atoms with Crippen molar-refractivity contribution in [3.63, 3.8) is 0 Å². The van der Waals surface area contributed by atoms with Gasteiger partial charge in [0.05, 0.1) is 5.75 Å². The van der Waals surface area contributed by atoms with Gasteiger partial charge in [0, 0.05) is 25.9 Å². The van der Waals surface area contributed by atoms with Gasteiger partial charge in [-0.2, -0.15) is 4.98 Å². The van der Waals surface area contributed by atoms with Crippen molar-refractivity contribution in [3.8, 4) is 0 Å². The van der Waals surface area contributed by atoms with Gasteiger partial charge in [-0.05, 0) is 0 Å². The van der Waals surface area contributed by atoms with Gasteiger partial charge in [0.25, 0.3) is 5.56 Å². The Hall–Kier alpha value is -2.49. The molecule has 3 aromatic rings. The van der Waals surface area contributed by atoms with Crippen molar-refractivity contribution < 1.29 is 4.52 Å². The van der Waals surface area contributed by atoms with Crippen molar-refractivity contribution in [2.24, 2.45) is 14.1 Å². The molecule has 0 fully saturated rings. The predicted molar refractivity (Wildman–Crippen MR) is 102 cm³/mol. The van der Waals surface area contributed by atoms with Gasteiger partial charge in [0.15, 0.2) is 11.5 Å². The highest BCUT2D eigenvalue weighted by molar-refractivity contribution is 7.98. The quantitative estimate of drug-likeness (QED) is 0.488. The molecule has 0 N–H and O–H groups in total. The van der Waals surface area contributed by atoms with Crippen LogP contribution >= 0.6 is 11.8 Å². The zero-order valence-corrected chi connectivity index (χ0v) is 17.0. The predicted octanol–water partition coefficient (Wildman–Crippen LogP) is 1.56. The van der Waals surface area contributed by atoms with Crippen molar-refractivity contribution in [3.05, 3.63) is 38.4 Å². The van der Waals surface area contributed by atoms with Gasteiger partial charge >= 0.3 is 5.69 Å². The van der Waals surface area contributed by atoms with Crippen molar-refractivity contribution in [1.29, 1.82) is 0 Å². The summed E-state index contributed by atoms with van der Waals surface area (Å²) >= 11 is 1.32. The Bertz CT molecular complexity index is 1120. The van der Waals surface area contributed by atoms with Gasteiger partial charge in [0.2, 0.25) is 5.89 Å². The molecule has 144 valence electrons. The van der Waals surface area contributed by atoms with Gasteiger partial charge in [-0.3, -0.25) is 13.9 Å². The van der Waals surface area contributed by atoms with Gasteiger partial charge < -0.3 is 4.52 Å². The monoisotopic (exact) mass is 390 g/mol. The molecule has 0 bridgehead atoms.